The van der Waals surface area contributed by atoms with Gasteiger partial charge in [-0.05, 0) is 48.5 Å². The number of ether oxygens (including phenoxy) is 1. The molecule has 0 aromatic heterocycles. The van der Waals surface area contributed by atoms with E-state index in [9.17, 15) is 14.9 Å². The number of methoxy groups -OCH3 is 1. The third kappa shape index (κ3) is 3.59. The van der Waals surface area contributed by atoms with Crippen molar-refractivity contribution in [2.75, 3.05) is 12.0 Å². The number of non-ortho nitro benzene ring substituents is 1. The molecule has 0 unspecified atom stereocenters. The standard InChI is InChI=1S/C20H19N3O4S/c1-3-16-17(19(24)27-2)18(13-9-11-15(12-10-13)23(25)26)21-20(28)22(16)14-7-5-4-6-8-14/h4-12,18H,3H2,1-2H3,(H,21,28)/t18-/m1/s1. The van der Waals surface area contributed by atoms with Gasteiger partial charge in [-0.2, -0.15) is 0 Å². The number of rotatable bonds is 5. The molecule has 1 atom stereocenters. The number of nitro groups is 1. The van der Waals surface area contributed by atoms with E-state index in [1.807, 2.05) is 42.2 Å². The molecule has 0 aliphatic carbocycles. The molecule has 1 heterocycles. The maximum Gasteiger partial charge on any atom is 0.337 e. The first-order valence-corrected chi connectivity index (χ1v) is 9.10. The number of nitrogens with zero attached hydrogens (tertiary/aromatic N) is 2. The molecule has 2 aromatic rings. The Hall–Kier alpha value is -3.26. The number of carbonyl (C=O) groups is 1. The lowest BCUT2D eigenvalue weighted by atomic mass is 9.93. The highest BCUT2D eigenvalue weighted by Crippen LogP contribution is 2.36. The molecule has 0 radical (unpaired) electrons. The van der Waals surface area contributed by atoms with Crippen LogP contribution in [0.5, 0.6) is 0 Å². The summed E-state index contributed by atoms with van der Waals surface area (Å²) in [6, 6.07) is 15.0. The molecule has 2 aromatic carbocycles. The molecule has 0 bridgehead atoms. The topological polar surface area (TPSA) is 84.7 Å². The van der Waals surface area contributed by atoms with Crippen LogP contribution in [0.25, 0.3) is 0 Å². The van der Waals surface area contributed by atoms with E-state index in [2.05, 4.69) is 5.32 Å². The summed E-state index contributed by atoms with van der Waals surface area (Å²) in [6.45, 7) is 1.94. The number of esters is 1. The lowest BCUT2D eigenvalue weighted by molar-refractivity contribution is -0.384. The number of carbonyl (C=O) groups excluding carboxylic acids is 1. The Bertz CT molecular complexity index is 942. The molecule has 0 saturated heterocycles. The summed E-state index contributed by atoms with van der Waals surface area (Å²) in [4.78, 5) is 25.0. The van der Waals surface area contributed by atoms with Crippen molar-refractivity contribution in [2.24, 2.45) is 0 Å². The fourth-order valence-electron chi connectivity index (χ4n) is 3.25. The summed E-state index contributed by atoms with van der Waals surface area (Å²) in [7, 11) is 1.33. The third-order valence-electron chi connectivity index (χ3n) is 4.53. The Labute approximate surface area is 167 Å². The van der Waals surface area contributed by atoms with Crippen molar-refractivity contribution in [3.63, 3.8) is 0 Å². The number of anilines is 1. The van der Waals surface area contributed by atoms with Crippen molar-refractivity contribution in [2.45, 2.75) is 19.4 Å². The van der Waals surface area contributed by atoms with E-state index in [1.54, 1.807) is 12.1 Å². The minimum atomic E-state index is -0.560. The monoisotopic (exact) mass is 397 g/mol. The van der Waals surface area contributed by atoms with Crippen molar-refractivity contribution in [3.05, 3.63) is 81.5 Å². The summed E-state index contributed by atoms with van der Waals surface area (Å²) >= 11 is 5.59. The van der Waals surface area contributed by atoms with Gasteiger partial charge in [-0.25, -0.2) is 4.79 Å². The second-order valence-electron chi connectivity index (χ2n) is 6.11. The minimum Gasteiger partial charge on any atom is -0.466 e. The summed E-state index contributed by atoms with van der Waals surface area (Å²) < 4.78 is 5.04. The molecule has 8 heteroatoms. The van der Waals surface area contributed by atoms with Gasteiger partial charge in [-0.3, -0.25) is 15.0 Å². The Morgan fingerprint density at radius 1 is 1.21 bits per heavy atom. The number of para-hydroxylation sites is 1. The summed E-state index contributed by atoms with van der Waals surface area (Å²) in [6.07, 6.45) is 0.546. The maximum absolute atomic E-state index is 12.7. The molecule has 0 amide bonds. The van der Waals surface area contributed by atoms with Crippen LogP contribution in [0.4, 0.5) is 11.4 Å². The molecule has 0 spiro atoms. The molecular weight excluding hydrogens is 378 g/mol. The number of allylic oxidation sites excluding steroid dienone is 1. The van der Waals surface area contributed by atoms with E-state index in [4.69, 9.17) is 17.0 Å². The Morgan fingerprint density at radius 3 is 2.39 bits per heavy atom. The first-order valence-electron chi connectivity index (χ1n) is 8.69. The number of hydrogen-bond acceptors (Lipinski definition) is 5. The van der Waals surface area contributed by atoms with Crippen molar-refractivity contribution >= 4 is 34.7 Å². The Morgan fingerprint density at radius 2 is 1.86 bits per heavy atom. The fourth-order valence-corrected chi connectivity index (χ4v) is 3.59. The zero-order valence-electron chi connectivity index (χ0n) is 15.4. The van der Waals surface area contributed by atoms with Gasteiger partial charge in [0.15, 0.2) is 5.11 Å². The Balaban J connectivity index is 2.14. The van der Waals surface area contributed by atoms with E-state index in [-0.39, 0.29) is 5.69 Å². The molecular formula is C20H19N3O4S. The molecule has 0 fully saturated rings. The van der Waals surface area contributed by atoms with Crippen LogP contribution in [-0.2, 0) is 9.53 Å². The van der Waals surface area contributed by atoms with Gasteiger partial charge >= 0.3 is 5.97 Å². The minimum absolute atomic E-state index is 0.0210. The number of benzene rings is 2. The fraction of sp³-hybridized carbons (Fsp3) is 0.200. The third-order valence-corrected chi connectivity index (χ3v) is 4.83. The predicted molar refractivity (Wildman–Crippen MR) is 110 cm³/mol. The lowest BCUT2D eigenvalue weighted by Gasteiger charge is -2.38. The average molecular weight is 397 g/mol. The van der Waals surface area contributed by atoms with Gasteiger partial charge in [0.1, 0.15) is 0 Å². The van der Waals surface area contributed by atoms with Gasteiger partial charge in [-0.1, -0.05) is 25.1 Å². The molecule has 28 heavy (non-hydrogen) atoms. The van der Waals surface area contributed by atoms with E-state index < -0.39 is 16.9 Å². The van der Waals surface area contributed by atoms with Gasteiger partial charge in [0.25, 0.3) is 5.69 Å². The van der Waals surface area contributed by atoms with Crippen molar-refractivity contribution in [1.82, 2.24) is 5.32 Å². The second kappa shape index (κ2) is 8.18. The normalized spacial score (nSPS) is 16.6. The van der Waals surface area contributed by atoms with Crippen LogP contribution in [0.1, 0.15) is 24.9 Å². The number of thiocarbonyl (C=S) groups is 1. The van der Waals surface area contributed by atoms with Crippen LogP contribution in [0.15, 0.2) is 65.9 Å². The van der Waals surface area contributed by atoms with Crippen LogP contribution < -0.4 is 10.2 Å². The maximum atomic E-state index is 12.7. The molecule has 7 nitrogen and oxygen atoms in total. The van der Waals surface area contributed by atoms with Gasteiger partial charge in [0.05, 0.1) is 23.6 Å². The number of hydrogen-bond donors (Lipinski definition) is 1. The van der Waals surface area contributed by atoms with E-state index >= 15 is 0 Å². The molecule has 1 N–H and O–H groups in total. The van der Waals surface area contributed by atoms with Crippen LogP contribution in [0.3, 0.4) is 0 Å². The quantitative estimate of drug-likeness (QED) is 0.355. The first kappa shape index (κ1) is 19.5. The van der Waals surface area contributed by atoms with E-state index in [0.717, 1.165) is 11.4 Å². The molecule has 0 saturated carbocycles. The number of nitro benzene ring substituents is 1. The van der Waals surface area contributed by atoms with E-state index in [0.29, 0.717) is 22.7 Å². The summed E-state index contributed by atoms with van der Waals surface area (Å²) in [5.74, 6) is -0.476. The van der Waals surface area contributed by atoms with Gasteiger partial charge in [-0.15, -0.1) is 0 Å². The SMILES string of the molecule is CCC1=C(C(=O)OC)[C@@H](c2ccc([N+](=O)[O-])cc2)NC(=S)N1c1ccccc1. The van der Waals surface area contributed by atoms with Gasteiger partial charge in [0.2, 0.25) is 0 Å². The first-order chi connectivity index (χ1) is 13.5. The Kier molecular flexibility index (Phi) is 5.70. The van der Waals surface area contributed by atoms with Crippen LogP contribution in [0.2, 0.25) is 0 Å². The van der Waals surface area contributed by atoms with Crippen LogP contribution >= 0.6 is 12.2 Å². The molecule has 1 aliphatic rings. The van der Waals surface area contributed by atoms with Crippen LogP contribution in [-0.4, -0.2) is 23.1 Å². The van der Waals surface area contributed by atoms with Crippen molar-refractivity contribution in [3.8, 4) is 0 Å². The average Bonchev–Trinajstić information content (AvgIpc) is 2.72. The highest BCUT2D eigenvalue weighted by atomic mass is 32.1. The summed E-state index contributed by atoms with van der Waals surface area (Å²) in [5, 5.41) is 14.6. The van der Waals surface area contributed by atoms with Crippen LogP contribution in [0, 0.1) is 10.1 Å². The highest BCUT2D eigenvalue weighted by Gasteiger charge is 2.36. The highest BCUT2D eigenvalue weighted by molar-refractivity contribution is 7.80. The van der Waals surface area contributed by atoms with Gasteiger partial charge in [0, 0.05) is 23.5 Å². The second-order valence-corrected chi connectivity index (χ2v) is 6.49. The number of nitrogens with one attached hydrogen (secondary N) is 1. The largest absolute Gasteiger partial charge is 0.466 e. The van der Waals surface area contributed by atoms with Gasteiger partial charge < -0.3 is 10.1 Å². The van der Waals surface area contributed by atoms with E-state index in [1.165, 1.54) is 19.2 Å². The lowest BCUT2D eigenvalue weighted by Crippen LogP contribution is -2.48. The molecule has 144 valence electrons. The molecule has 1 aliphatic heterocycles. The molecule has 3 rings (SSSR count). The zero-order valence-corrected chi connectivity index (χ0v) is 16.2. The van der Waals surface area contributed by atoms with Crippen molar-refractivity contribution < 1.29 is 14.5 Å². The predicted octanol–water partition coefficient (Wildman–Crippen LogP) is 3.87. The smallest absolute Gasteiger partial charge is 0.337 e. The summed E-state index contributed by atoms with van der Waals surface area (Å²) in [5.41, 5.74) is 2.65. The van der Waals surface area contributed by atoms with Crippen molar-refractivity contribution in [1.29, 1.82) is 0 Å². The zero-order chi connectivity index (χ0) is 20.3.